The molecule has 2 unspecified atom stereocenters. The van der Waals surface area contributed by atoms with Crippen molar-refractivity contribution < 1.29 is 32.2 Å². The van der Waals surface area contributed by atoms with Crippen LogP contribution in [0.15, 0.2) is 18.2 Å². The van der Waals surface area contributed by atoms with Gasteiger partial charge in [0.15, 0.2) is 5.78 Å². The summed E-state index contributed by atoms with van der Waals surface area (Å²) in [6.45, 7) is 2.95. The molecule has 142 valence electrons. The van der Waals surface area contributed by atoms with E-state index in [2.05, 4.69) is 4.74 Å². The van der Waals surface area contributed by atoms with Crippen LogP contribution in [-0.2, 0) is 14.3 Å². The van der Waals surface area contributed by atoms with Gasteiger partial charge >= 0.3 is 6.36 Å². The molecule has 1 aliphatic heterocycles. The van der Waals surface area contributed by atoms with Gasteiger partial charge in [-0.15, -0.1) is 13.2 Å². The van der Waals surface area contributed by atoms with Crippen molar-refractivity contribution in [3.05, 3.63) is 29.3 Å². The number of halogens is 3. The Kier molecular flexibility index (Phi) is 5.37. The van der Waals surface area contributed by atoms with Gasteiger partial charge in [0.2, 0.25) is 0 Å². The van der Waals surface area contributed by atoms with Crippen molar-refractivity contribution in [3.63, 3.8) is 0 Å². The second kappa shape index (κ2) is 7.39. The van der Waals surface area contributed by atoms with E-state index >= 15 is 0 Å². The minimum Gasteiger partial charge on any atom is -0.406 e. The monoisotopic (exact) mass is 370 g/mol. The lowest BCUT2D eigenvalue weighted by molar-refractivity contribution is -0.274. The summed E-state index contributed by atoms with van der Waals surface area (Å²) in [5, 5.41) is 0. The number of ketones is 2. The fraction of sp³-hybridized carbons (Fsp3) is 0.579. The van der Waals surface area contributed by atoms with Crippen LogP contribution in [0.5, 0.6) is 5.75 Å². The highest BCUT2D eigenvalue weighted by molar-refractivity contribution is 6.14. The molecule has 2 atom stereocenters. The molecule has 2 aliphatic rings. The Balaban J connectivity index is 1.74. The number of alkyl halides is 3. The van der Waals surface area contributed by atoms with Crippen molar-refractivity contribution in [1.29, 1.82) is 0 Å². The number of Topliss-reactive ketones (excluding diaryl/α,β-unsaturated/α-hetero) is 2. The minimum atomic E-state index is -4.78. The largest absolute Gasteiger partial charge is 0.573 e. The molecule has 1 heterocycles. The van der Waals surface area contributed by atoms with E-state index in [0.717, 1.165) is 18.9 Å². The lowest BCUT2D eigenvalue weighted by atomic mass is 9.85. The molecule has 0 bridgehead atoms. The predicted octanol–water partition coefficient (Wildman–Crippen LogP) is 3.95. The maximum atomic E-state index is 12.8. The van der Waals surface area contributed by atoms with E-state index in [4.69, 9.17) is 4.74 Å². The van der Waals surface area contributed by atoms with E-state index in [1.54, 1.807) is 6.92 Å². The van der Waals surface area contributed by atoms with Crippen LogP contribution >= 0.6 is 0 Å². The van der Waals surface area contributed by atoms with Crippen molar-refractivity contribution in [2.24, 2.45) is 11.8 Å². The van der Waals surface area contributed by atoms with Gasteiger partial charge < -0.3 is 9.47 Å². The fourth-order valence-corrected chi connectivity index (χ4v) is 3.94. The van der Waals surface area contributed by atoms with Crippen LogP contribution in [0.25, 0.3) is 0 Å². The first-order chi connectivity index (χ1) is 12.2. The molecule has 1 saturated heterocycles. The average molecular weight is 370 g/mol. The third-order valence-electron chi connectivity index (χ3n) is 5.20. The Morgan fingerprint density at radius 1 is 1.19 bits per heavy atom. The summed E-state index contributed by atoms with van der Waals surface area (Å²) in [4.78, 5) is 25.2. The molecule has 0 aromatic heterocycles. The van der Waals surface area contributed by atoms with E-state index in [1.807, 2.05) is 0 Å². The highest BCUT2D eigenvalue weighted by atomic mass is 19.4. The molecule has 4 nitrogen and oxygen atoms in total. The molecule has 0 amide bonds. The SMILES string of the molecule is Cc1cc(OC(F)(F)F)ccc1C1C(=O)CC(CC2CCOCC2)C1=O. The number of aryl methyl sites for hydroxylation is 1. The Bertz CT molecular complexity index is 693. The fourth-order valence-electron chi connectivity index (χ4n) is 3.94. The summed E-state index contributed by atoms with van der Waals surface area (Å²) in [5.74, 6) is -1.42. The molecule has 2 fully saturated rings. The van der Waals surface area contributed by atoms with Gasteiger partial charge in [0.25, 0.3) is 0 Å². The summed E-state index contributed by atoms with van der Waals surface area (Å²) < 4.78 is 46.2. The minimum absolute atomic E-state index is 0.117. The molecule has 0 radical (unpaired) electrons. The quantitative estimate of drug-likeness (QED) is 0.753. The van der Waals surface area contributed by atoms with Gasteiger partial charge in [-0.1, -0.05) is 6.07 Å². The van der Waals surface area contributed by atoms with Crippen LogP contribution in [0, 0.1) is 18.8 Å². The van der Waals surface area contributed by atoms with Crippen molar-refractivity contribution in [3.8, 4) is 5.75 Å². The first kappa shape index (κ1) is 18.9. The van der Waals surface area contributed by atoms with Gasteiger partial charge in [0.1, 0.15) is 17.5 Å². The third kappa shape index (κ3) is 4.26. The molecule has 0 N–H and O–H groups in total. The van der Waals surface area contributed by atoms with Gasteiger partial charge in [-0.3, -0.25) is 9.59 Å². The Morgan fingerprint density at radius 3 is 2.50 bits per heavy atom. The van der Waals surface area contributed by atoms with Crippen molar-refractivity contribution in [2.45, 2.75) is 44.9 Å². The zero-order chi connectivity index (χ0) is 18.9. The van der Waals surface area contributed by atoms with Crippen LogP contribution < -0.4 is 4.74 Å². The molecule has 1 aliphatic carbocycles. The first-order valence-corrected chi connectivity index (χ1v) is 8.75. The summed E-state index contributed by atoms with van der Waals surface area (Å²) in [5.41, 5.74) is 0.925. The summed E-state index contributed by atoms with van der Waals surface area (Å²) in [6.07, 6.45) is -2.10. The van der Waals surface area contributed by atoms with Crippen LogP contribution in [0.2, 0.25) is 0 Å². The van der Waals surface area contributed by atoms with Crippen molar-refractivity contribution in [2.75, 3.05) is 13.2 Å². The molecule has 3 rings (SSSR count). The second-order valence-corrected chi connectivity index (χ2v) is 7.06. The highest BCUT2D eigenvalue weighted by Gasteiger charge is 2.43. The molecule has 1 aromatic carbocycles. The lowest BCUT2D eigenvalue weighted by Gasteiger charge is -2.24. The van der Waals surface area contributed by atoms with Crippen molar-refractivity contribution >= 4 is 11.6 Å². The topological polar surface area (TPSA) is 52.6 Å². The number of carbonyl (C=O) groups is 2. The predicted molar refractivity (Wildman–Crippen MR) is 86.9 cm³/mol. The van der Waals surface area contributed by atoms with Gasteiger partial charge in [0, 0.05) is 25.6 Å². The standard InChI is InChI=1S/C19H21F3O4/c1-11-8-14(26-19(20,21)22)2-3-15(11)17-16(23)10-13(18(17)24)9-12-4-6-25-7-5-12/h2-3,8,12-13,17H,4-7,9-10H2,1H3. The van der Waals surface area contributed by atoms with E-state index < -0.39 is 12.3 Å². The van der Waals surface area contributed by atoms with Gasteiger partial charge in [-0.2, -0.15) is 0 Å². The number of carbonyl (C=O) groups excluding carboxylic acids is 2. The van der Waals surface area contributed by atoms with E-state index in [-0.39, 0.29) is 29.7 Å². The summed E-state index contributed by atoms with van der Waals surface area (Å²) >= 11 is 0. The zero-order valence-electron chi connectivity index (χ0n) is 14.5. The van der Waals surface area contributed by atoms with E-state index in [9.17, 15) is 22.8 Å². The van der Waals surface area contributed by atoms with Crippen LogP contribution in [-0.4, -0.2) is 31.1 Å². The molecular weight excluding hydrogens is 349 g/mol. The number of rotatable bonds is 4. The number of hydrogen-bond donors (Lipinski definition) is 0. The van der Waals surface area contributed by atoms with E-state index in [1.165, 1.54) is 12.1 Å². The maximum Gasteiger partial charge on any atom is 0.573 e. The zero-order valence-corrected chi connectivity index (χ0v) is 14.5. The molecule has 0 spiro atoms. The number of benzene rings is 1. The van der Waals surface area contributed by atoms with Crippen LogP contribution in [0.1, 0.15) is 42.7 Å². The molecule has 26 heavy (non-hydrogen) atoms. The van der Waals surface area contributed by atoms with Gasteiger partial charge in [0.05, 0.1) is 0 Å². The molecule has 1 aromatic rings. The highest BCUT2D eigenvalue weighted by Crippen LogP contribution is 2.39. The van der Waals surface area contributed by atoms with Crippen LogP contribution in [0.4, 0.5) is 13.2 Å². The molecule has 1 saturated carbocycles. The Hall–Kier alpha value is -1.89. The lowest BCUT2D eigenvalue weighted by Crippen LogP contribution is -2.22. The summed E-state index contributed by atoms with van der Waals surface area (Å²) in [7, 11) is 0. The van der Waals surface area contributed by atoms with Gasteiger partial charge in [-0.05, 0) is 55.4 Å². The second-order valence-electron chi connectivity index (χ2n) is 7.06. The van der Waals surface area contributed by atoms with E-state index in [0.29, 0.717) is 36.7 Å². The smallest absolute Gasteiger partial charge is 0.406 e. The molecular formula is C19H21F3O4. The Morgan fingerprint density at radius 2 is 1.88 bits per heavy atom. The average Bonchev–Trinajstić information content (AvgIpc) is 2.82. The van der Waals surface area contributed by atoms with Crippen LogP contribution in [0.3, 0.4) is 0 Å². The Labute approximate surface area is 149 Å². The molecule has 7 heteroatoms. The number of ether oxygens (including phenoxy) is 2. The first-order valence-electron chi connectivity index (χ1n) is 8.75. The van der Waals surface area contributed by atoms with Gasteiger partial charge in [-0.25, -0.2) is 0 Å². The third-order valence-corrected chi connectivity index (χ3v) is 5.20. The number of hydrogen-bond acceptors (Lipinski definition) is 4. The maximum absolute atomic E-state index is 12.8. The van der Waals surface area contributed by atoms with Crippen molar-refractivity contribution in [1.82, 2.24) is 0 Å². The normalized spacial score (nSPS) is 24.9. The summed E-state index contributed by atoms with van der Waals surface area (Å²) in [6, 6.07) is 3.77.